The minimum atomic E-state index is -5.60. The van der Waals surface area contributed by atoms with Crippen LogP contribution in [0.25, 0.3) is 0 Å². The third kappa shape index (κ3) is 4.29. The molecule has 1 saturated heterocycles. The minimum Gasteiger partial charge on any atom is -0.304 e. The van der Waals surface area contributed by atoms with Gasteiger partial charge in [-0.1, -0.05) is 0 Å². The van der Waals surface area contributed by atoms with Crippen LogP contribution in [0, 0.1) is 0 Å². The SMILES string of the molecule is CC1(C)C(=O)N(c2ccc(S(=O)(=O)C(F)(F)F)cc2)C(=O)N1Cc1ccnc(S(C)(=O)=O)n1. The molecule has 2 aromatic rings. The van der Waals surface area contributed by atoms with Crippen molar-refractivity contribution in [2.24, 2.45) is 0 Å². The Morgan fingerprint density at radius 2 is 1.58 bits per heavy atom. The first-order chi connectivity index (χ1) is 15.0. The summed E-state index contributed by atoms with van der Waals surface area (Å²) in [5.74, 6) is -0.726. The van der Waals surface area contributed by atoms with Crippen LogP contribution in [0.3, 0.4) is 0 Å². The number of carbonyl (C=O) groups is 2. The predicted octanol–water partition coefficient (Wildman–Crippen LogP) is 1.92. The molecule has 1 aliphatic heterocycles. The molecule has 0 spiro atoms. The highest BCUT2D eigenvalue weighted by atomic mass is 32.2. The molecular formula is C18H17F3N4O6S2. The van der Waals surface area contributed by atoms with Crippen LogP contribution < -0.4 is 4.90 Å². The number of anilines is 1. The fraction of sp³-hybridized carbons (Fsp3) is 0.333. The van der Waals surface area contributed by atoms with Crippen molar-refractivity contribution in [3.63, 3.8) is 0 Å². The molecule has 15 heteroatoms. The molecule has 0 atom stereocenters. The van der Waals surface area contributed by atoms with E-state index in [9.17, 15) is 39.6 Å². The number of imide groups is 1. The topological polar surface area (TPSA) is 135 Å². The first-order valence-corrected chi connectivity index (χ1v) is 12.4. The Kier molecular flexibility index (Phi) is 5.78. The monoisotopic (exact) mass is 506 g/mol. The highest BCUT2D eigenvalue weighted by Gasteiger charge is 2.52. The van der Waals surface area contributed by atoms with Crippen LogP contribution in [-0.2, 0) is 31.0 Å². The van der Waals surface area contributed by atoms with Crippen molar-refractivity contribution in [2.45, 2.75) is 41.5 Å². The second kappa shape index (κ2) is 7.76. The van der Waals surface area contributed by atoms with Crippen molar-refractivity contribution in [2.75, 3.05) is 11.2 Å². The Bertz CT molecular complexity index is 1340. The molecular weight excluding hydrogens is 489 g/mol. The van der Waals surface area contributed by atoms with E-state index in [1.165, 1.54) is 26.1 Å². The van der Waals surface area contributed by atoms with Gasteiger partial charge in [-0.15, -0.1) is 0 Å². The molecule has 178 valence electrons. The number of halogens is 3. The largest absolute Gasteiger partial charge is 0.501 e. The molecule has 0 aliphatic carbocycles. The van der Waals surface area contributed by atoms with Gasteiger partial charge in [0.1, 0.15) is 5.54 Å². The molecule has 1 aromatic carbocycles. The Morgan fingerprint density at radius 3 is 2.09 bits per heavy atom. The Balaban J connectivity index is 1.94. The summed E-state index contributed by atoms with van der Waals surface area (Å²) in [6.45, 7) is 2.59. The number of amides is 3. The van der Waals surface area contributed by atoms with Crippen molar-refractivity contribution in [3.8, 4) is 0 Å². The number of carbonyl (C=O) groups excluding carboxylic acids is 2. The van der Waals surface area contributed by atoms with Gasteiger partial charge >= 0.3 is 11.5 Å². The standard InChI is InChI=1S/C18H17F3N4O6S2/c1-17(2)14(26)25(12-4-6-13(7-5-12)33(30,31)18(19,20)21)16(27)24(17)10-11-8-9-22-15(23-11)32(3,28)29/h4-9H,10H2,1-3H3. The number of rotatable bonds is 5. The molecule has 1 aromatic heterocycles. The van der Waals surface area contributed by atoms with E-state index in [1.54, 1.807) is 0 Å². The fourth-order valence-electron chi connectivity index (χ4n) is 3.04. The molecule has 0 bridgehead atoms. The Morgan fingerprint density at radius 1 is 1.00 bits per heavy atom. The van der Waals surface area contributed by atoms with Gasteiger partial charge in [0, 0.05) is 12.5 Å². The zero-order valence-corrected chi connectivity index (χ0v) is 19.0. The third-order valence-electron chi connectivity index (χ3n) is 4.88. The van der Waals surface area contributed by atoms with Crippen molar-refractivity contribution in [1.82, 2.24) is 14.9 Å². The summed E-state index contributed by atoms with van der Waals surface area (Å²) in [6, 6.07) is 3.65. The second-order valence-corrected chi connectivity index (χ2v) is 11.5. The van der Waals surface area contributed by atoms with Crippen molar-refractivity contribution in [1.29, 1.82) is 0 Å². The van der Waals surface area contributed by atoms with Crippen molar-refractivity contribution >= 4 is 37.3 Å². The summed E-state index contributed by atoms with van der Waals surface area (Å²) in [5.41, 5.74) is -6.94. The van der Waals surface area contributed by atoms with E-state index < -0.39 is 52.7 Å². The maximum absolute atomic E-state index is 13.0. The van der Waals surface area contributed by atoms with Crippen molar-refractivity contribution < 1.29 is 39.6 Å². The number of benzene rings is 1. The number of nitrogens with zero attached hydrogens (tertiary/aromatic N) is 4. The summed E-state index contributed by atoms with van der Waals surface area (Å²) in [7, 11) is -9.32. The van der Waals surface area contributed by atoms with Gasteiger partial charge in [-0.05, 0) is 44.2 Å². The van der Waals surface area contributed by atoms with Gasteiger partial charge in [0.15, 0.2) is 0 Å². The summed E-state index contributed by atoms with van der Waals surface area (Å²) < 4.78 is 84.7. The van der Waals surface area contributed by atoms with Crippen LogP contribution >= 0.6 is 0 Å². The van der Waals surface area contributed by atoms with E-state index in [2.05, 4.69) is 9.97 Å². The molecule has 0 radical (unpaired) electrons. The normalized spacial score (nSPS) is 17.0. The number of alkyl halides is 3. The zero-order chi connectivity index (χ0) is 25.0. The van der Waals surface area contributed by atoms with Gasteiger partial charge in [-0.25, -0.2) is 36.5 Å². The molecule has 1 fully saturated rings. The van der Waals surface area contributed by atoms with E-state index in [4.69, 9.17) is 0 Å². The zero-order valence-electron chi connectivity index (χ0n) is 17.4. The van der Waals surface area contributed by atoms with E-state index in [0.717, 1.165) is 23.3 Å². The fourth-order valence-corrected chi connectivity index (χ4v) is 4.34. The molecule has 1 aliphatic rings. The molecule has 0 saturated carbocycles. The predicted molar refractivity (Wildman–Crippen MR) is 107 cm³/mol. The molecule has 0 N–H and O–H groups in total. The summed E-state index contributed by atoms with van der Waals surface area (Å²) in [6.07, 6.45) is 2.09. The first kappa shape index (κ1) is 24.6. The highest BCUT2D eigenvalue weighted by molar-refractivity contribution is 7.92. The van der Waals surface area contributed by atoms with Crippen molar-refractivity contribution in [3.05, 3.63) is 42.2 Å². The molecule has 2 heterocycles. The molecule has 33 heavy (non-hydrogen) atoms. The molecule has 0 unspecified atom stereocenters. The van der Waals surface area contributed by atoms with Crippen LogP contribution in [0.4, 0.5) is 23.7 Å². The highest BCUT2D eigenvalue weighted by Crippen LogP contribution is 2.35. The van der Waals surface area contributed by atoms with E-state index in [1.807, 2.05) is 0 Å². The van der Waals surface area contributed by atoms with E-state index >= 15 is 0 Å². The maximum atomic E-state index is 13.0. The van der Waals surface area contributed by atoms with Crippen LogP contribution in [0.5, 0.6) is 0 Å². The Hall–Kier alpha value is -3.07. The van der Waals surface area contributed by atoms with Crippen LogP contribution in [0.15, 0.2) is 46.6 Å². The lowest BCUT2D eigenvalue weighted by molar-refractivity contribution is -0.123. The average Bonchev–Trinajstić information content (AvgIpc) is 2.86. The lowest BCUT2D eigenvalue weighted by atomic mass is 10.0. The third-order valence-corrected chi connectivity index (χ3v) is 7.24. The number of sulfone groups is 2. The lowest BCUT2D eigenvalue weighted by Gasteiger charge is -2.27. The van der Waals surface area contributed by atoms with E-state index in [0.29, 0.717) is 17.0 Å². The summed E-state index contributed by atoms with van der Waals surface area (Å²) in [4.78, 5) is 34.3. The molecule has 10 nitrogen and oxygen atoms in total. The molecule has 3 rings (SSSR count). The van der Waals surface area contributed by atoms with Gasteiger partial charge in [0.05, 0.1) is 22.8 Å². The van der Waals surface area contributed by atoms with Gasteiger partial charge in [0.25, 0.3) is 15.7 Å². The Labute approximate surface area is 186 Å². The number of aromatic nitrogens is 2. The van der Waals surface area contributed by atoms with Crippen LogP contribution in [0.2, 0.25) is 0 Å². The lowest BCUT2D eigenvalue weighted by Crippen LogP contribution is -2.43. The second-order valence-electron chi connectivity index (χ2n) is 7.61. The number of hydrogen-bond acceptors (Lipinski definition) is 8. The van der Waals surface area contributed by atoms with Gasteiger partial charge in [0.2, 0.25) is 15.0 Å². The quantitative estimate of drug-likeness (QED) is 0.443. The van der Waals surface area contributed by atoms with Crippen LogP contribution in [0.1, 0.15) is 19.5 Å². The molecule has 3 amide bonds. The minimum absolute atomic E-state index is 0.133. The van der Waals surface area contributed by atoms with Gasteiger partial charge in [-0.3, -0.25) is 4.79 Å². The van der Waals surface area contributed by atoms with Gasteiger partial charge < -0.3 is 4.90 Å². The summed E-state index contributed by atoms with van der Waals surface area (Å²) >= 11 is 0. The maximum Gasteiger partial charge on any atom is 0.501 e. The summed E-state index contributed by atoms with van der Waals surface area (Å²) in [5, 5.41) is -0.464. The van der Waals surface area contributed by atoms with Gasteiger partial charge in [-0.2, -0.15) is 13.2 Å². The van der Waals surface area contributed by atoms with Crippen LogP contribution in [-0.4, -0.2) is 60.9 Å². The first-order valence-electron chi connectivity index (χ1n) is 9.07. The number of hydrogen-bond donors (Lipinski definition) is 0. The average molecular weight is 506 g/mol. The van der Waals surface area contributed by atoms with E-state index in [-0.39, 0.29) is 17.9 Å². The smallest absolute Gasteiger partial charge is 0.304 e. The number of urea groups is 1.